The van der Waals surface area contributed by atoms with Gasteiger partial charge in [-0.1, -0.05) is 19.6 Å². The Labute approximate surface area is 145 Å². The minimum Gasteiger partial charge on any atom is -0.444 e. The highest BCUT2D eigenvalue weighted by atomic mass is 28.3. The van der Waals surface area contributed by atoms with E-state index in [1.54, 1.807) is 6.33 Å². The number of alkyl carbamates (subject to hydrolysis) is 1. The van der Waals surface area contributed by atoms with Gasteiger partial charge in [-0.25, -0.2) is 9.78 Å². The van der Waals surface area contributed by atoms with Crippen molar-refractivity contribution in [1.29, 1.82) is 0 Å². The van der Waals surface area contributed by atoms with E-state index in [0.717, 1.165) is 31.2 Å². The van der Waals surface area contributed by atoms with Crippen LogP contribution in [-0.4, -0.2) is 35.9 Å². The smallest absolute Gasteiger partial charge is 0.408 e. The largest absolute Gasteiger partial charge is 0.444 e. The summed E-state index contributed by atoms with van der Waals surface area (Å²) in [5, 5.41) is 2.97. The van der Waals surface area contributed by atoms with Crippen molar-refractivity contribution in [1.82, 2.24) is 14.9 Å². The average molecular weight is 354 g/mol. The predicted octanol–water partition coefficient (Wildman–Crippen LogP) is 3.71. The molecule has 1 aliphatic carbocycles. The second-order valence-corrected chi connectivity index (χ2v) is 14.5. The molecule has 0 saturated heterocycles. The van der Waals surface area contributed by atoms with Crippen molar-refractivity contribution in [2.45, 2.75) is 77.2 Å². The van der Waals surface area contributed by atoms with Crippen molar-refractivity contribution in [3.63, 3.8) is 0 Å². The van der Waals surface area contributed by atoms with Crippen molar-refractivity contribution in [2.24, 2.45) is 0 Å². The van der Waals surface area contributed by atoms with E-state index in [2.05, 4.69) is 29.9 Å². The first-order valence-corrected chi connectivity index (χ1v) is 12.3. The van der Waals surface area contributed by atoms with Crippen LogP contribution in [0.3, 0.4) is 0 Å². The SMILES string of the molecule is CC(C)(C)OC(=O)NC1(c2cn(COCC[Si](C)(C)C)cn2)CC1. The van der Waals surface area contributed by atoms with E-state index >= 15 is 0 Å². The van der Waals surface area contributed by atoms with Crippen LogP contribution in [0, 0.1) is 0 Å². The molecule has 0 aliphatic heterocycles. The lowest BCUT2D eigenvalue weighted by Gasteiger charge is -2.22. The Kier molecular flexibility index (Phi) is 5.44. The zero-order valence-corrected chi connectivity index (χ0v) is 16.8. The minimum absolute atomic E-state index is 0.369. The standard InChI is InChI=1S/C17H31N3O3Si/c1-16(2,3)23-15(21)19-17(7-8-17)14-11-20(12-18-14)13-22-9-10-24(4,5)6/h11-12H,7-10,13H2,1-6H3,(H,19,21). The first kappa shape index (κ1) is 19.0. The molecule has 6 nitrogen and oxygen atoms in total. The van der Waals surface area contributed by atoms with E-state index in [9.17, 15) is 4.79 Å². The van der Waals surface area contributed by atoms with Gasteiger partial charge >= 0.3 is 6.09 Å². The van der Waals surface area contributed by atoms with Gasteiger partial charge in [0.1, 0.15) is 12.3 Å². The number of hydrogen-bond acceptors (Lipinski definition) is 4. The van der Waals surface area contributed by atoms with E-state index in [-0.39, 0.29) is 11.6 Å². The summed E-state index contributed by atoms with van der Waals surface area (Å²) in [6.07, 6.45) is 5.11. The molecule has 2 rings (SSSR count). The van der Waals surface area contributed by atoms with E-state index in [4.69, 9.17) is 9.47 Å². The molecule has 1 fully saturated rings. The Bertz CT molecular complexity index is 568. The van der Waals surface area contributed by atoms with Gasteiger partial charge in [0.05, 0.1) is 17.6 Å². The van der Waals surface area contributed by atoms with Crippen molar-refractivity contribution < 1.29 is 14.3 Å². The third-order valence-corrected chi connectivity index (χ3v) is 5.55. The first-order valence-electron chi connectivity index (χ1n) is 8.60. The summed E-state index contributed by atoms with van der Waals surface area (Å²) in [4.78, 5) is 16.5. The van der Waals surface area contributed by atoms with Crippen LogP contribution in [0.1, 0.15) is 39.3 Å². The number of imidazole rings is 1. The number of aromatic nitrogens is 2. The highest BCUT2D eigenvalue weighted by molar-refractivity contribution is 6.76. The summed E-state index contributed by atoms with van der Waals surface area (Å²) in [5.41, 5.74) is 0.0116. The number of carbonyl (C=O) groups is 1. The van der Waals surface area contributed by atoms with Gasteiger partial charge in [0.15, 0.2) is 0 Å². The van der Waals surface area contributed by atoms with Gasteiger partial charge in [0.2, 0.25) is 0 Å². The Morgan fingerprint density at radius 2 is 2.04 bits per heavy atom. The molecule has 24 heavy (non-hydrogen) atoms. The molecule has 1 aliphatic rings. The molecule has 7 heteroatoms. The second-order valence-electron chi connectivity index (χ2n) is 8.83. The lowest BCUT2D eigenvalue weighted by atomic mass is 10.2. The summed E-state index contributed by atoms with van der Waals surface area (Å²) < 4.78 is 13.0. The average Bonchev–Trinajstić information content (AvgIpc) is 3.00. The molecule has 0 unspecified atom stereocenters. The molecule has 0 radical (unpaired) electrons. The number of nitrogens with one attached hydrogen (secondary N) is 1. The van der Waals surface area contributed by atoms with Gasteiger partial charge in [0.25, 0.3) is 0 Å². The lowest BCUT2D eigenvalue weighted by Crippen LogP contribution is -2.39. The minimum atomic E-state index is -1.06. The van der Waals surface area contributed by atoms with Crippen LogP contribution >= 0.6 is 0 Å². The van der Waals surface area contributed by atoms with Gasteiger partial charge in [0, 0.05) is 20.9 Å². The Balaban J connectivity index is 1.85. The molecule has 1 amide bonds. The fourth-order valence-electron chi connectivity index (χ4n) is 2.30. The Morgan fingerprint density at radius 3 is 2.58 bits per heavy atom. The fraction of sp³-hybridized carbons (Fsp3) is 0.765. The van der Waals surface area contributed by atoms with E-state index in [1.165, 1.54) is 0 Å². The summed E-state index contributed by atoms with van der Waals surface area (Å²) in [6, 6.07) is 1.15. The Morgan fingerprint density at radius 1 is 1.38 bits per heavy atom. The molecule has 136 valence electrons. The first-order chi connectivity index (χ1) is 11.0. The normalized spacial score (nSPS) is 16.8. The highest BCUT2D eigenvalue weighted by Gasteiger charge is 2.48. The maximum Gasteiger partial charge on any atom is 0.408 e. The third kappa shape index (κ3) is 5.94. The van der Waals surface area contributed by atoms with Crippen LogP contribution in [-0.2, 0) is 21.7 Å². The predicted molar refractivity (Wildman–Crippen MR) is 96.6 cm³/mol. The molecule has 0 spiro atoms. The maximum atomic E-state index is 12.0. The molecule has 1 saturated carbocycles. The lowest BCUT2D eigenvalue weighted by molar-refractivity contribution is 0.0494. The zero-order chi connectivity index (χ0) is 18.0. The summed E-state index contributed by atoms with van der Waals surface area (Å²) in [7, 11) is -1.06. The number of ether oxygens (including phenoxy) is 2. The fourth-order valence-corrected chi connectivity index (χ4v) is 3.05. The van der Waals surface area contributed by atoms with Crippen molar-refractivity contribution in [3.05, 3.63) is 18.2 Å². The molecule has 1 N–H and O–H groups in total. The Hall–Kier alpha value is -1.34. The maximum absolute atomic E-state index is 12.0. The van der Waals surface area contributed by atoms with Gasteiger partial charge in [-0.05, 0) is 39.7 Å². The third-order valence-electron chi connectivity index (χ3n) is 3.85. The van der Waals surface area contributed by atoms with Crippen molar-refractivity contribution in [3.8, 4) is 0 Å². The molecule has 0 bridgehead atoms. The number of amides is 1. The zero-order valence-electron chi connectivity index (χ0n) is 15.8. The molecule has 1 aromatic heterocycles. The highest BCUT2D eigenvalue weighted by Crippen LogP contribution is 2.44. The summed E-state index contributed by atoms with van der Waals surface area (Å²) in [5.74, 6) is 0. The number of rotatable bonds is 7. The van der Waals surface area contributed by atoms with Crippen LogP contribution in [0.25, 0.3) is 0 Å². The number of carbonyl (C=O) groups excluding carboxylic acids is 1. The molecule has 1 heterocycles. The van der Waals surface area contributed by atoms with Crippen LogP contribution in [0.2, 0.25) is 25.7 Å². The number of hydrogen-bond donors (Lipinski definition) is 1. The van der Waals surface area contributed by atoms with Gasteiger partial charge in [-0.2, -0.15) is 0 Å². The monoisotopic (exact) mass is 353 g/mol. The van der Waals surface area contributed by atoms with Crippen LogP contribution in [0.15, 0.2) is 12.5 Å². The molecule has 1 aromatic rings. The number of nitrogens with zero attached hydrogens (tertiary/aromatic N) is 2. The topological polar surface area (TPSA) is 65.4 Å². The van der Waals surface area contributed by atoms with Gasteiger partial charge < -0.3 is 19.4 Å². The van der Waals surface area contributed by atoms with Crippen LogP contribution in [0.4, 0.5) is 4.79 Å². The van der Waals surface area contributed by atoms with Gasteiger partial charge in [-0.15, -0.1) is 0 Å². The van der Waals surface area contributed by atoms with E-state index < -0.39 is 13.7 Å². The molecular weight excluding hydrogens is 322 g/mol. The molecular formula is C17H31N3O3Si. The molecule has 0 atom stereocenters. The second kappa shape index (κ2) is 6.88. The van der Waals surface area contributed by atoms with Crippen LogP contribution < -0.4 is 5.32 Å². The quantitative estimate of drug-likeness (QED) is 0.599. The van der Waals surface area contributed by atoms with Crippen LogP contribution in [0.5, 0.6) is 0 Å². The summed E-state index contributed by atoms with van der Waals surface area (Å²) in [6.45, 7) is 13.9. The van der Waals surface area contributed by atoms with Gasteiger partial charge in [-0.3, -0.25) is 0 Å². The molecule has 0 aromatic carbocycles. The van der Waals surface area contributed by atoms with Crippen molar-refractivity contribution in [2.75, 3.05) is 6.61 Å². The summed E-state index contributed by atoms with van der Waals surface area (Å²) >= 11 is 0. The van der Waals surface area contributed by atoms with Crippen molar-refractivity contribution >= 4 is 14.2 Å². The van der Waals surface area contributed by atoms with E-state index in [1.807, 2.05) is 31.5 Å². The van der Waals surface area contributed by atoms with E-state index in [0.29, 0.717) is 6.73 Å².